The van der Waals surface area contributed by atoms with Gasteiger partial charge in [-0.15, -0.1) is 0 Å². The molecule has 0 aromatic carbocycles. The van der Waals surface area contributed by atoms with Crippen LogP contribution in [-0.4, -0.2) is 18.3 Å². The van der Waals surface area contributed by atoms with Gasteiger partial charge in [0.05, 0.1) is 0 Å². The fourth-order valence-corrected chi connectivity index (χ4v) is 0.471. The van der Waals surface area contributed by atoms with Crippen LogP contribution in [-0.2, 0) is 0 Å². The summed E-state index contributed by atoms with van der Waals surface area (Å²) in [6, 6.07) is 0.748. The van der Waals surface area contributed by atoms with Crippen LogP contribution in [0, 0.1) is 0 Å². The van der Waals surface area contributed by atoms with Crippen molar-refractivity contribution in [3.8, 4) is 0 Å². The van der Waals surface area contributed by atoms with Gasteiger partial charge in [0.15, 0.2) is 0 Å². The van der Waals surface area contributed by atoms with Gasteiger partial charge in [0.2, 0.25) is 0 Å². The highest BCUT2D eigenvalue weighted by molar-refractivity contribution is 7.80. The van der Waals surface area contributed by atoms with Crippen molar-refractivity contribution in [1.82, 2.24) is 5.32 Å². The van der Waals surface area contributed by atoms with Crippen LogP contribution in [0.2, 0.25) is 0 Å². The normalized spacial score (nSPS) is 34.2. The third-order valence-electron chi connectivity index (χ3n) is 0.713. The van der Waals surface area contributed by atoms with Gasteiger partial charge in [0.1, 0.15) is 0 Å². The lowest BCUT2D eigenvalue weighted by Crippen LogP contribution is -1.87. The van der Waals surface area contributed by atoms with Crippen LogP contribution in [0.1, 0.15) is 0 Å². The Morgan fingerprint density at radius 2 is 2.60 bits per heavy atom. The zero-order valence-electron chi connectivity index (χ0n) is 2.94. The Balaban J connectivity index is 2.00. The SMILES string of the molecule is SC[C@H]1CN1. The van der Waals surface area contributed by atoms with Gasteiger partial charge >= 0.3 is 0 Å². The first-order valence-electron chi connectivity index (χ1n) is 1.77. The van der Waals surface area contributed by atoms with E-state index >= 15 is 0 Å². The van der Waals surface area contributed by atoms with Crippen LogP contribution in [0.4, 0.5) is 0 Å². The smallest absolute Gasteiger partial charge is 0.0281 e. The van der Waals surface area contributed by atoms with Crippen LogP contribution >= 0.6 is 12.6 Å². The third kappa shape index (κ3) is 0.816. The zero-order valence-corrected chi connectivity index (χ0v) is 3.83. The summed E-state index contributed by atoms with van der Waals surface area (Å²) < 4.78 is 0. The van der Waals surface area contributed by atoms with E-state index in [0.717, 1.165) is 11.8 Å². The molecule has 0 aliphatic carbocycles. The average Bonchev–Trinajstić information content (AvgIpc) is 2.12. The highest BCUT2D eigenvalue weighted by Gasteiger charge is 2.16. The van der Waals surface area contributed by atoms with E-state index in [2.05, 4.69) is 17.9 Å². The minimum Gasteiger partial charge on any atom is -0.310 e. The largest absolute Gasteiger partial charge is 0.310 e. The molecular formula is C3H7NS. The molecule has 5 heavy (non-hydrogen) atoms. The highest BCUT2D eigenvalue weighted by Crippen LogP contribution is 1.95. The maximum Gasteiger partial charge on any atom is 0.0281 e. The van der Waals surface area contributed by atoms with E-state index in [1.807, 2.05) is 0 Å². The number of thiol groups is 1. The lowest BCUT2D eigenvalue weighted by atomic mass is 10.6. The molecule has 1 fully saturated rings. The van der Waals surface area contributed by atoms with Crippen molar-refractivity contribution in [2.75, 3.05) is 12.3 Å². The van der Waals surface area contributed by atoms with E-state index in [0.29, 0.717) is 0 Å². The Kier molecular flexibility index (Phi) is 0.830. The summed E-state index contributed by atoms with van der Waals surface area (Å²) >= 11 is 4.02. The van der Waals surface area contributed by atoms with Crippen LogP contribution in [0.3, 0.4) is 0 Å². The molecule has 1 nitrogen and oxygen atoms in total. The molecule has 1 aliphatic rings. The molecule has 0 radical (unpaired) electrons. The Morgan fingerprint density at radius 3 is 2.60 bits per heavy atom. The lowest BCUT2D eigenvalue weighted by molar-refractivity contribution is 1.11. The topological polar surface area (TPSA) is 21.9 Å². The summed E-state index contributed by atoms with van der Waals surface area (Å²) in [6.07, 6.45) is 0. The second-order valence-electron chi connectivity index (χ2n) is 1.29. The molecule has 1 aliphatic heterocycles. The first-order chi connectivity index (χ1) is 2.43. The van der Waals surface area contributed by atoms with Crippen molar-refractivity contribution in [2.24, 2.45) is 0 Å². The fourth-order valence-electron chi connectivity index (χ4n) is 0.212. The highest BCUT2D eigenvalue weighted by atomic mass is 32.1. The molecule has 0 aromatic heterocycles. The minimum absolute atomic E-state index is 0.748. The molecule has 0 aromatic rings. The van der Waals surface area contributed by atoms with Crippen molar-refractivity contribution in [2.45, 2.75) is 6.04 Å². The molecule has 30 valence electrons. The predicted molar refractivity (Wildman–Crippen MR) is 25.6 cm³/mol. The molecule has 0 unspecified atom stereocenters. The zero-order chi connectivity index (χ0) is 3.70. The molecule has 1 saturated heterocycles. The van der Waals surface area contributed by atoms with E-state index in [9.17, 15) is 0 Å². The summed E-state index contributed by atoms with van der Waals surface area (Å²) in [4.78, 5) is 0. The number of nitrogens with one attached hydrogen (secondary N) is 1. The molecule has 1 rings (SSSR count). The maximum absolute atomic E-state index is 4.02. The molecule has 1 N–H and O–H groups in total. The number of hydrogen-bond donors (Lipinski definition) is 2. The molecular weight excluding hydrogens is 82.1 g/mol. The summed E-state index contributed by atoms with van der Waals surface area (Å²) in [5.41, 5.74) is 0. The van der Waals surface area contributed by atoms with Gasteiger partial charge in [-0.3, -0.25) is 0 Å². The molecule has 2 heteroatoms. The van der Waals surface area contributed by atoms with Gasteiger partial charge in [0.25, 0.3) is 0 Å². The second kappa shape index (κ2) is 1.19. The lowest BCUT2D eigenvalue weighted by Gasteiger charge is -1.71. The summed E-state index contributed by atoms with van der Waals surface area (Å²) in [7, 11) is 0. The van der Waals surface area contributed by atoms with E-state index in [1.165, 1.54) is 6.54 Å². The van der Waals surface area contributed by atoms with Crippen molar-refractivity contribution < 1.29 is 0 Å². The van der Waals surface area contributed by atoms with Crippen LogP contribution in [0.25, 0.3) is 0 Å². The second-order valence-corrected chi connectivity index (χ2v) is 1.65. The van der Waals surface area contributed by atoms with E-state index in [-0.39, 0.29) is 0 Å². The summed E-state index contributed by atoms with van der Waals surface area (Å²) in [5.74, 6) is 1.00. The fraction of sp³-hybridized carbons (Fsp3) is 1.00. The first-order valence-corrected chi connectivity index (χ1v) is 2.41. The van der Waals surface area contributed by atoms with Crippen LogP contribution in [0.5, 0.6) is 0 Å². The first kappa shape index (κ1) is 3.50. The Bertz CT molecular complexity index is 33.9. The maximum atomic E-state index is 4.02. The summed E-state index contributed by atoms with van der Waals surface area (Å²) in [5, 5.41) is 3.11. The molecule has 1 atom stereocenters. The van der Waals surface area contributed by atoms with Gasteiger partial charge in [-0.2, -0.15) is 12.6 Å². The van der Waals surface area contributed by atoms with Crippen molar-refractivity contribution in [1.29, 1.82) is 0 Å². The molecule has 0 bridgehead atoms. The molecule has 0 spiro atoms. The van der Waals surface area contributed by atoms with Gasteiger partial charge in [-0.1, -0.05) is 0 Å². The Labute approximate surface area is 37.2 Å². The quantitative estimate of drug-likeness (QED) is 0.339. The van der Waals surface area contributed by atoms with Crippen molar-refractivity contribution >= 4 is 12.6 Å². The monoisotopic (exact) mass is 89.0 g/mol. The Hall–Kier alpha value is 0.310. The predicted octanol–water partition coefficient (Wildman–Crippen LogP) is -0.112. The van der Waals surface area contributed by atoms with Crippen molar-refractivity contribution in [3.63, 3.8) is 0 Å². The van der Waals surface area contributed by atoms with Gasteiger partial charge < -0.3 is 5.32 Å². The van der Waals surface area contributed by atoms with Crippen LogP contribution in [0.15, 0.2) is 0 Å². The van der Waals surface area contributed by atoms with E-state index in [1.54, 1.807) is 0 Å². The molecule has 1 heterocycles. The van der Waals surface area contributed by atoms with Gasteiger partial charge in [0, 0.05) is 18.3 Å². The number of hydrogen-bond acceptors (Lipinski definition) is 2. The van der Waals surface area contributed by atoms with E-state index < -0.39 is 0 Å². The average molecular weight is 89.2 g/mol. The minimum atomic E-state index is 0.748. The van der Waals surface area contributed by atoms with Gasteiger partial charge in [-0.05, 0) is 0 Å². The molecule has 0 amide bonds. The number of rotatable bonds is 1. The Morgan fingerprint density at radius 1 is 2.00 bits per heavy atom. The summed E-state index contributed by atoms with van der Waals surface area (Å²) in [6.45, 7) is 1.18. The van der Waals surface area contributed by atoms with E-state index in [4.69, 9.17) is 0 Å². The third-order valence-corrected chi connectivity index (χ3v) is 1.15. The van der Waals surface area contributed by atoms with Crippen LogP contribution < -0.4 is 5.32 Å². The molecule has 0 saturated carbocycles. The van der Waals surface area contributed by atoms with Crippen molar-refractivity contribution in [3.05, 3.63) is 0 Å². The van der Waals surface area contributed by atoms with Gasteiger partial charge in [-0.25, -0.2) is 0 Å². The standard InChI is InChI=1S/C3H7NS/c5-2-3-1-4-3/h3-5H,1-2H2/t3-/m1/s1.